The largest absolute Gasteiger partial charge is 0.317 e. The SMILES string of the molecule is CNC1CC2CCC(C1)N2CC1CC2CCC1C2. The molecular weight excluding hydrogens is 220 g/mol. The molecule has 0 aromatic carbocycles. The molecular formula is C16H28N2. The smallest absolute Gasteiger partial charge is 0.0114 e. The van der Waals surface area contributed by atoms with Gasteiger partial charge in [-0.25, -0.2) is 0 Å². The third kappa shape index (κ3) is 1.84. The number of hydrogen-bond acceptors (Lipinski definition) is 2. The van der Waals surface area contributed by atoms with Crippen LogP contribution in [-0.2, 0) is 0 Å². The van der Waals surface area contributed by atoms with Crippen molar-refractivity contribution in [1.82, 2.24) is 10.2 Å². The quantitative estimate of drug-likeness (QED) is 0.826. The molecule has 0 aromatic heterocycles. The van der Waals surface area contributed by atoms with Crippen molar-refractivity contribution in [1.29, 1.82) is 0 Å². The van der Waals surface area contributed by atoms with Gasteiger partial charge in [-0.1, -0.05) is 6.42 Å². The molecule has 2 nitrogen and oxygen atoms in total. The van der Waals surface area contributed by atoms with Gasteiger partial charge in [-0.15, -0.1) is 0 Å². The number of piperidine rings is 1. The zero-order chi connectivity index (χ0) is 12.1. The Hall–Kier alpha value is -0.0800. The highest BCUT2D eigenvalue weighted by Crippen LogP contribution is 2.49. The monoisotopic (exact) mass is 248 g/mol. The molecule has 2 heterocycles. The minimum atomic E-state index is 0.804. The summed E-state index contributed by atoms with van der Waals surface area (Å²) in [6.45, 7) is 1.45. The van der Waals surface area contributed by atoms with E-state index in [1.165, 1.54) is 32.2 Å². The standard InChI is InChI=1S/C16H28N2/c1-17-14-8-15-4-5-16(9-14)18(15)10-13-7-11-2-3-12(13)6-11/h11-17H,2-10H2,1H3. The van der Waals surface area contributed by atoms with Crippen LogP contribution in [0.5, 0.6) is 0 Å². The molecule has 4 bridgehead atoms. The van der Waals surface area contributed by atoms with Crippen LogP contribution < -0.4 is 5.32 Å². The molecule has 2 saturated carbocycles. The minimum absolute atomic E-state index is 0.804. The average Bonchev–Trinajstić information content (AvgIpc) is 3.04. The van der Waals surface area contributed by atoms with Gasteiger partial charge < -0.3 is 5.32 Å². The zero-order valence-corrected chi connectivity index (χ0v) is 11.8. The van der Waals surface area contributed by atoms with Crippen LogP contribution in [0.2, 0.25) is 0 Å². The highest BCUT2D eigenvalue weighted by molar-refractivity contribution is 5.00. The van der Waals surface area contributed by atoms with Gasteiger partial charge in [0.05, 0.1) is 0 Å². The lowest BCUT2D eigenvalue weighted by molar-refractivity contribution is 0.0859. The van der Waals surface area contributed by atoms with Crippen molar-refractivity contribution in [2.45, 2.75) is 69.5 Å². The fourth-order valence-corrected chi connectivity index (χ4v) is 5.68. The van der Waals surface area contributed by atoms with Crippen LogP contribution in [0.3, 0.4) is 0 Å². The third-order valence-corrected chi connectivity index (χ3v) is 6.62. The van der Waals surface area contributed by atoms with Crippen LogP contribution in [0.4, 0.5) is 0 Å². The summed E-state index contributed by atoms with van der Waals surface area (Å²) in [7, 11) is 2.15. The topological polar surface area (TPSA) is 15.3 Å². The Bertz CT molecular complexity index is 302. The van der Waals surface area contributed by atoms with Crippen molar-refractivity contribution in [3.8, 4) is 0 Å². The highest BCUT2D eigenvalue weighted by Gasteiger charge is 2.45. The molecule has 18 heavy (non-hydrogen) atoms. The van der Waals surface area contributed by atoms with E-state index >= 15 is 0 Å². The van der Waals surface area contributed by atoms with E-state index in [0.29, 0.717) is 0 Å². The lowest BCUT2D eigenvalue weighted by atomic mass is 9.87. The Labute approximate surface area is 111 Å². The lowest BCUT2D eigenvalue weighted by Gasteiger charge is -2.41. The summed E-state index contributed by atoms with van der Waals surface area (Å²) >= 11 is 0. The van der Waals surface area contributed by atoms with Crippen LogP contribution in [0, 0.1) is 17.8 Å². The first-order valence-corrected chi connectivity index (χ1v) is 8.26. The van der Waals surface area contributed by atoms with E-state index in [1.807, 2.05) is 0 Å². The molecule has 2 aliphatic heterocycles. The molecule has 2 aliphatic carbocycles. The Morgan fingerprint density at radius 2 is 1.72 bits per heavy atom. The van der Waals surface area contributed by atoms with Gasteiger partial charge in [0.25, 0.3) is 0 Å². The lowest BCUT2D eigenvalue weighted by Crippen LogP contribution is -2.50. The van der Waals surface area contributed by atoms with E-state index in [0.717, 1.165) is 35.9 Å². The van der Waals surface area contributed by atoms with Crippen molar-refractivity contribution in [3.05, 3.63) is 0 Å². The molecule has 0 radical (unpaired) electrons. The summed E-state index contributed by atoms with van der Waals surface area (Å²) in [6.07, 6.45) is 12.0. The van der Waals surface area contributed by atoms with Crippen LogP contribution >= 0.6 is 0 Å². The maximum Gasteiger partial charge on any atom is 0.0114 e. The molecule has 102 valence electrons. The average molecular weight is 248 g/mol. The Balaban J connectivity index is 1.41. The first-order chi connectivity index (χ1) is 8.83. The van der Waals surface area contributed by atoms with E-state index in [-0.39, 0.29) is 0 Å². The first kappa shape index (κ1) is 11.7. The minimum Gasteiger partial charge on any atom is -0.317 e. The molecule has 2 heteroatoms. The molecule has 1 N–H and O–H groups in total. The van der Waals surface area contributed by atoms with Gasteiger partial charge >= 0.3 is 0 Å². The molecule has 0 amide bonds. The van der Waals surface area contributed by atoms with Crippen molar-refractivity contribution in [2.75, 3.05) is 13.6 Å². The summed E-state index contributed by atoms with van der Waals surface area (Å²) in [5, 5.41) is 3.52. The molecule has 5 unspecified atom stereocenters. The predicted octanol–water partition coefficient (Wildman–Crippen LogP) is 2.64. The summed E-state index contributed by atoms with van der Waals surface area (Å²) in [6, 6.07) is 2.64. The van der Waals surface area contributed by atoms with E-state index in [2.05, 4.69) is 17.3 Å². The van der Waals surface area contributed by atoms with Crippen molar-refractivity contribution in [3.63, 3.8) is 0 Å². The van der Waals surface area contributed by atoms with Gasteiger partial charge in [-0.3, -0.25) is 4.90 Å². The Kier molecular flexibility index (Phi) is 2.92. The molecule has 4 fully saturated rings. The summed E-state index contributed by atoms with van der Waals surface area (Å²) in [5.41, 5.74) is 0. The number of nitrogens with one attached hydrogen (secondary N) is 1. The molecule has 0 aromatic rings. The van der Waals surface area contributed by atoms with Gasteiger partial charge in [0.15, 0.2) is 0 Å². The van der Waals surface area contributed by atoms with Crippen LogP contribution in [0.25, 0.3) is 0 Å². The van der Waals surface area contributed by atoms with Crippen LogP contribution in [0.15, 0.2) is 0 Å². The van der Waals surface area contributed by atoms with Crippen molar-refractivity contribution >= 4 is 0 Å². The van der Waals surface area contributed by atoms with Crippen LogP contribution in [-0.4, -0.2) is 36.6 Å². The number of nitrogens with zero attached hydrogens (tertiary/aromatic N) is 1. The molecule has 5 atom stereocenters. The fourth-order valence-electron chi connectivity index (χ4n) is 5.68. The first-order valence-electron chi connectivity index (χ1n) is 8.26. The van der Waals surface area contributed by atoms with Gasteiger partial charge in [-0.2, -0.15) is 0 Å². The second-order valence-electron chi connectivity index (χ2n) is 7.47. The molecule has 4 rings (SSSR count). The maximum absolute atomic E-state index is 3.52. The van der Waals surface area contributed by atoms with Gasteiger partial charge in [0.1, 0.15) is 0 Å². The van der Waals surface area contributed by atoms with E-state index in [9.17, 15) is 0 Å². The normalized spacial score (nSPS) is 51.2. The number of hydrogen-bond donors (Lipinski definition) is 1. The Morgan fingerprint density at radius 3 is 2.28 bits per heavy atom. The van der Waals surface area contributed by atoms with E-state index < -0.39 is 0 Å². The highest BCUT2D eigenvalue weighted by atomic mass is 15.2. The van der Waals surface area contributed by atoms with Crippen LogP contribution in [0.1, 0.15) is 51.4 Å². The van der Waals surface area contributed by atoms with Gasteiger partial charge in [-0.05, 0) is 69.7 Å². The molecule has 2 saturated heterocycles. The maximum atomic E-state index is 3.52. The van der Waals surface area contributed by atoms with Crippen molar-refractivity contribution in [2.24, 2.45) is 17.8 Å². The predicted molar refractivity (Wildman–Crippen MR) is 74.5 cm³/mol. The second-order valence-corrected chi connectivity index (χ2v) is 7.47. The molecule has 4 aliphatic rings. The summed E-state index contributed by atoms with van der Waals surface area (Å²) in [4.78, 5) is 2.93. The van der Waals surface area contributed by atoms with E-state index in [4.69, 9.17) is 0 Å². The zero-order valence-electron chi connectivity index (χ0n) is 11.8. The fraction of sp³-hybridized carbons (Fsp3) is 1.00. The third-order valence-electron chi connectivity index (χ3n) is 6.62. The van der Waals surface area contributed by atoms with Crippen molar-refractivity contribution < 1.29 is 0 Å². The number of fused-ring (bicyclic) bond motifs is 4. The summed E-state index contributed by atoms with van der Waals surface area (Å²) < 4.78 is 0. The van der Waals surface area contributed by atoms with E-state index in [1.54, 1.807) is 25.7 Å². The number of rotatable bonds is 3. The van der Waals surface area contributed by atoms with Gasteiger partial charge in [0.2, 0.25) is 0 Å². The second kappa shape index (κ2) is 4.49. The summed E-state index contributed by atoms with van der Waals surface area (Å²) in [5.74, 6) is 3.29. The Morgan fingerprint density at radius 1 is 0.944 bits per heavy atom. The van der Waals surface area contributed by atoms with Gasteiger partial charge in [0, 0.05) is 24.7 Å². The molecule has 0 spiro atoms.